The van der Waals surface area contributed by atoms with Crippen LogP contribution in [0.25, 0.3) is 0 Å². The molecule has 1 atom stereocenters. The summed E-state index contributed by atoms with van der Waals surface area (Å²) in [6, 6.07) is 0. The van der Waals surface area contributed by atoms with Crippen LogP contribution in [0, 0.1) is 0 Å². The van der Waals surface area contributed by atoms with Crippen molar-refractivity contribution in [1.82, 2.24) is 10.2 Å². The third-order valence-electron chi connectivity index (χ3n) is 2.31. The van der Waals surface area contributed by atoms with Crippen LogP contribution in [0.1, 0.15) is 20.8 Å². The van der Waals surface area contributed by atoms with Gasteiger partial charge in [0.2, 0.25) is 0 Å². The van der Waals surface area contributed by atoms with Crippen LogP contribution in [-0.4, -0.2) is 52.3 Å². The van der Waals surface area contributed by atoms with Crippen LogP contribution in [0.15, 0.2) is 4.99 Å². The van der Waals surface area contributed by atoms with E-state index < -0.39 is 10.8 Å². The van der Waals surface area contributed by atoms with Crippen molar-refractivity contribution in [2.24, 2.45) is 4.99 Å². The first-order chi connectivity index (χ1) is 6.91. The lowest BCUT2D eigenvalue weighted by Crippen LogP contribution is -2.39. The summed E-state index contributed by atoms with van der Waals surface area (Å²) in [5.41, 5.74) is 0. The molecule has 4 nitrogen and oxygen atoms in total. The molecule has 0 aliphatic carbocycles. The van der Waals surface area contributed by atoms with E-state index in [4.69, 9.17) is 0 Å². The maximum Gasteiger partial charge on any atom is 0.193 e. The molecule has 1 aliphatic heterocycles. The van der Waals surface area contributed by atoms with Gasteiger partial charge in [-0.2, -0.15) is 0 Å². The van der Waals surface area contributed by atoms with Crippen LogP contribution in [0.4, 0.5) is 0 Å². The number of rotatable bonds is 3. The Morgan fingerprint density at radius 2 is 2.12 bits per heavy atom. The van der Waals surface area contributed by atoms with E-state index in [1.807, 2.05) is 27.8 Å². The Morgan fingerprint density at radius 1 is 1.50 bits per heavy atom. The topological polar surface area (TPSA) is 44.7 Å². The first kappa shape index (κ1) is 16.1. The van der Waals surface area contributed by atoms with Crippen molar-refractivity contribution in [1.29, 1.82) is 0 Å². The Kier molecular flexibility index (Phi) is 6.84. The second-order valence-corrected chi connectivity index (χ2v) is 7.04. The summed E-state index contributed by atoms with van der Waals surface area (Å²) in [6.45, 7) is 8.58. The van der Waals surface area contributed by atoms with Crippen molar-refractivity contribution in [2.45, 2.75) is 25.5 Å². The Hall–Kier alpha value is 0.150. The van der Waals surface area contributed by atoms with E-state index in [9.17, 15) is 4.21 Å². The van der Waals surface area contributed by atoms with Crippen molar-refractivity contribution in [2.75, 3.05) is 32.4 Å². The molecule has 0 bridgehead atoms. The second-order valence-electron chi connectivity index (χ2n) is 4.72. The average molecular weight is 359 g/mol. The molecule has 16 heavy (non-hydrogen) atoms. The zero-order chi connectivity index (χ0) is 11.5. The summed E-state index contributed by atoms with van der Waals surface area (Å²) in [4.78, 5) is 6.39. The van der Waals surface area contributed by atoms with E-state index in [1.54, 1.807) is 0 Å². The number of aliphatic imine (C=N–C) groups is 1. The van der Waals surface area contributed by atoms with Gasteiger partial charge in [0, 0.05) is 41.4 Å². The van der Waals surface area contributed by atoms with Crippen molar-refractivity contribution in [3.05, 3.63) is 0 Å². The molecule has 0 fully saturated rings. The van der Waals surface area contributed by atoms with Gasteiger partial charge in [-0.3, -0.25) is 9.20 Å². The largest absolute Gasteiger partial charge is 0.355 e. The van der Waals surface area contributed by atoms with E-state index in [2.05, 4.69) is 15.2 Å². The molecule has 0 spiro atoms. The molecule has 0 aromatic heterocycles. The van der Waals surface area contributed by atoms with E-state index in [0.29, 0.717) is 5.75 Å². The predicted octanol–water partition coefficient (Wildman–Crippen LogP) is 1.04. The van der Waals surface area contributed by atoms with Crippen LogP contribution in [-0.2, 0) is 10.8 Å². The van der Waals surface area contributed by atoms with Crippen LogP contribution in [0.3, 0.4) is 0 Å². The summed E-state index contributed by atoms with van der Waals surface area (Å²) < 4.78 is 11.6. The fourth-order valence-corrected chi connectivity index (χ4v) is 2.18. The number of hydrogen-bond donors (Lipinski definition) is 1. The molecular weight excluding hydrogens is 337 g/mol. The van der Waals surface area contributed by atoms with Gasteiger partial charge in [0.25, 0.3) is 0 Å². The number of halogens is 1. The molecule has 1 heterocycles. The summed E-state index contributed by atoms with van der Waals surface area (Å²) >= 11 is 0. The van der Waals surface area contributed by atoms with E-state index >= 15 is 0 Å². The lowest BCUT2D eigenvalue weighted by molar-refractivity contribution is 0.536. The number of likely N-dealkylation sites (N-methyl/N-ethyl adjacent to an activating group) is 1. The standard InChI is InChI=1S/C10H21N3OS.HI/c1-10(2,3)15(14)8-6-12-9-11-5-7-13(9)4;/h5-8H2,1-4H3,(H,11,12);1H. The Bertz CT molecular complexity index is 276. The second kappa shape index (κ2) is 6.78. The third kappa shape index (κ3) is 4.99. The first-order valence-corrected chi connectivity index (χ1v) is 6.61. The zero-order valence-electron chi connectivity index (χ0n) is 10.4. The van der Waals surface area contributed by atoms with Crippen LogP contribution in [0.2, 0.25) is 0 Å². The molecule has 6 heteroatoms. The fraction of sp³-hybridized carbons (Fsp3) is 0.900. The van der Waals surface area contributed by atoms with Gasteiger partial charge in [0.1, 0.15) is 0 Å². The van der Waals surface area contributed by atoms with Crippen LogP contribution < -0.4 is 5.32 Å². The Labute approximate surface area is 118 Å². The number of hydrogen-bond acceptors (Lipinski definition) is 4. The highest BCUT2D eigenvalue weighted by Crippen LogP contribution is 2.10. The summed E-state index contributed by atoms with van der Waals surface area (Å²) in [5, 5.41) is 3.22. The van der Waals surface area contributed by atoms with Gasteiger partial charge < -0.3 is 10.2 Å². The molecule has 0 aromatic rings. The number of nitrogens with zero attached hydrogens (tertiary/aromatic N) is 2. The monoisotopic (exact) mass is 359 g/mol. The van der Waals surface area contributed by atoms with Gasteiger partial charge in [0.05, 0.1) is 6.54 Å². The molecule has 1 N–H and O–H groups in total. The fourth-order valence-electron chi connectivity index (χ4n) is 1.29. The molecule has 0 saturated carbocycles. The molecule has 1 rings (SSSR count). The van der Waals surface area contributed by atoms with E-state index in [-0.39, 0.29) is 28.7 Å². The highest BCUT2D eigenvalue weighted by Gasteiger charge is 2.19. The van der Waals surface area contributed by atoms with Crippen molar-refractivity contribution in [3.63, 3.8) is 0 Å². The van der Waals surface area contributed by atoms with Gasteiger partial charge in [-0.15, -0.1) is 24.0 Å². The van der Waals surface area contributed by atoms with E-state index in [0.717, 1.165) is 25.6 Å². The van der Waals surface area contributed by atoms with Gasteiger partial charge >= 0.3 is 0 Å². The van der Waals surface area contributed by atoms with Gasteiger partial charge in [-0.1, -0.05) is 0 Å². The SMILES string of the molecule is CN1CCN=C1NCCS(=O)C(C)(C)C.I. The smallest absolute Gasteiger partial charge is 0.193 e. The normalized spacial score (nSPS) is 17.8. The molecule has 96 valence electrons. The molecule has 0 amide bonds. The van der Waals surface area contributed by atoms with Gasteiger partial charge in [-0.25, -0.2) is 0 Å². The average Bonchev–Trinajstić information content (AvgIpc) is 2.50. The highest BCUT2D eigenvalue weighted by atomic mass is 127. The predicted molar refractivity (Wildman–Crippen MR) is 81.1 cm³/mol. The lowest BCUT2D eigenvalue weighted by atomic mass is 10.3. The maximum atomic E-state index is 11.7. The zero-order valence-corrected chi connectivity index (χ0v) is 13.6. The summed E-state index contributed by atoms with van der Waals surface area (Å²) in [6.07, 6.45) is 0. The summed E-state index contributed by atoms with van der Waals surface area (Å²) in [7, 11) is 1.23. The van der Waals surface area contributed by atoms with Gasteiger partial charge in [0.15, 0.2) is 5.96 Å². The van der Waals surface area contributed by atoms with Crippen LogP contribution >= 0.6 is 24.0 Å². The molecular formula is C10H22IN3OS. The Balaban J connectivity index is 0.00000225. The number of guanidine groups is 1. The van der Waals surface area contributed by atoms with Crippen molar-refractivity contribution >= 4 is 40.7 Å². The minimum atomic E-state index is -0.785. The third-order valence-corrected chi connectivity index (χ3v) is 4.25. The van der Waals surface area contributed by atoms with Crippen molar-refractivity contribution in [3.8, 4) is 0 Å². The maximum absolute atomic E-state index is 11.7. The molecule has 0 saturated heterocycles. The van der Waals surface area contributed by atoms with E-state index in [1.165, 1.54) is 0 Å². The minimum Gasteiger partial charge on any atom is -0.355 e. The minimum absolute atomic E-state index is 0. The highest BCUT2D eigenvalue weighted by molar-refractivity contribution is 14.0. The molecule has 1 unspecified atom stereocenters. The number of nitrogens with one attached hydrogen (secondary N) is 1. The molecule has 1 aliphatic rings. The van der Waals surface area contributed by atoms with Crippen LogP contribution in [0.5, 0.6) is 0 Å². The summed E-state index contributed by atoms with van der Waals surface area (Å²) in [5.74, 6) is 1.61. The Morgan fingerprint density at radius 3 is 2.56 bits per heavy atom. The molecule has 0 aromatic carbocycles. The lowest BCUT2D eigenvalue weighted by Gasteiger charge is -2.19. The van der Waals surface area contributed by atoms with Crippen molar-refractivity contribution < 1.29 is 4.21 Å². The van der Waals surface area contributed by atoms with Gasteiger partial charge in [-0.05, 0) is 20.8 Å². The molecule has 0 radical (unpaired) electrons. The quantitative estimate of drug-likeness (QED) is 0.766. The first-order valence-electron chi connectivity index (χ1n) is 5.29.